The average molecular weight is 548 g/mol. The van der Waals surface area contributed by atoms with E-state index in [9.17, 15) is 28.3 Å². The van der Waals surface area contributed by atoms with Gasteiger partial charge in [-0.2, -0.15) is 0 Å². The average Bonchev–Trinajstić information content (AvgIpc) is 3.38. The summed E-state index contributed by atoms with van der Waals surface area (Å²) in [4.78, 5) is 37.0. The fraction of sp³-hybridized carbons (Fsp3) is 0.0435. The molecule has 1 aromatic heterocycles. The Bertz CT molecular complexity index is 1440. The van der Waals surface area contributed by atoms with Crippen molar-refractivity contribution in [2.45, 2.75) is 0 Å². The lowest BCUT2D eigenvalue weighted by atomic mass is 10.1. The molecule has 0 saturated carbocycles. The number of aromatic carboxylic acids is 1. The third-order valence-corrected chi connectivity index (χ3v) is 7.03. The van der Waals surface area contributed by atoms with E-state index in [-0.39, 0.29) is 22.1 Å². The highest BCUT2D eigenvalue weighted by molar-refractivity contribution is 8.26. The van der Waals surface area contributed by atoms with Gasteiger partial charge in [-0.3, -0.25) is 9.59 Å². The van der Waals surface area contributed by atoms with Crippen LogP contribution < -0.4 is 10.7 Å². The first-order chi connectivity index (χ1) is 17.1. The van der Waals surface area contributed by atoms with Crippen LogP contribution in [0, 0.1) is 11.6 Å². The lowest BCUT2D eigenvalue weighted by molar-refractivity contribution is -0.124. The summed E-state index contributed by atoms with van der Waals surface area (Å²) < 4.78 is 26.9. The molecule has 0 aliphatic carbocycles. The van der Waals surface area contributed by atoms with Crippen molar-refractivity contribution in [2.75, 3.05) is 11.9 Å². The Morgan fingerprint density at radius 2 is 1.86 bits per heavy atom. The minimum atomic E-state index is -1.31. The molecule has 4 rings (SSSR count). The van der Waals surface area contributed by atoms with Crippen molar-refractivity contribution >= 4 is 69.2 Å². The second-order valence-corrected chi connectivity index (χ2v) is 9.92. The Labute approximate surface area is 216 Å². The van der Waals surface area contributed by atoms with Gasteiger partial charge in [0.2, 0.25) is 5.91 Å². The normalized spacial score (nSPS) is 14.5. The van der Waals surface area contributed by atoms with E-state index in [1.807, 2.05) is 0 Å². The number of nitrogens with zero attached hydrogens (tertiary/aromatic N) is 1. The van der Waals surface area contributed by atoms with Gasteiger partial charge in [-0.1, -0.05) is 30.0 Å². The van der Waals surface area contributed by atoms with Gasteiger partial charge in [0.25, 0.3) is 5.91 Å². The van der Waals surface area contributed by atoms with Crippen LogP contribution in [0.3, 0.4) is 0 Å². The van der Waals surface area contributed by atoms with E-state index >= 15 is 0 Å². The van der Waals surface area contributed by atoms with Gasteiger partial charge in [0, 0.05) is 16.6 Å². The van der Waals surface area contributed by atoms with Crippen LogP contribution in [0.25, 0.3) is 17.2 Å². The maximum absolute atomic E-state index is 13.5. The number of carboxylic acid groups (broad SMARTS) is 1. The molecular formula is C23H15F2N3O5S3. The number of hydrazine groups is 1. The van der Waals surface area contributed by atoms with E-state index in [1.165, 1.54) is 23.5 Å². The number of carboxylic acids is 1. The van der Waals surface area contributed by atoms with Crippen molar-refractivity contribution in [3.63, 3.8) is 0 Å². The maximum atomic E-state index is 13.5. The second-order valence-electron chi connectivity index (χ2n) is 7.30. The zero-order valence-electron chi connectivity index (χ0n) is 18.0. The molecule has 0 spiro atoms. The molecule has 13 heteroatoms. The first-order valence-corrected chi connectivity index (χ1v) is 12.1. The van der Waals surface area contributed by atoms with Gasteiger partial charge in [-0.05, 0) is 52.9 Å². The molecule has 36 heavy (non-hydrogen) atoms. The molecule has 3 aromatic rings. The van der Waals surface area contributed by atoms with Gasteiger partial charge in [0.15, 0.2) is 16.0 Å². The van der Waals surface area contributed by atoms with Crippen LogP contribution in [0.4, 0.5) is 14.5 Å². The summed E-state index contributed by atoms with van der Waals surface area (Å²) in [6, 6.07) is 8.89. The Kier molecular flexibility index (Phi) is 7.45. The molecule has 2 amide bonds. The minimum absolute atomic E-state index is 0.170. The first-order valence-electron chi connectivity index (χ1n) is 10.0. The Morgan fingerprint density at radius 3 is 2.56 bits per heavy atom. The predicted molar refractivity (Wildman–Crippen MR) is 136 cm³/mol. The topological polar surface area (TPSA) is 119 Å². The van der Waals surface area contributed by atoms with Crippen LogP contribution >= 0.6 is 35.3 Å². The Morgan fingerprint density at radius 1 is 1.08 bits per heavy atom. The lowest BCUT2D eigenvalue weighted by Crippen LogP contribution is -2.44. The number of nitrogens with one attached hydrogen (secondary N) is 2. The zero-order valence-corrected chi connectivity index (χ0v) is 20.4. The standard InChI is InChI=1S/C23H15F2N3O5S3/c24-16-4-1-11(6-17(16)25)12-5-14(35-10-12)8-19-21(31)28(23(34)36-19)26-9-20(30)27-13-2-3-15(22(32)33)18(29)7-13/h1-8,10,26,29H,9H2,(H,27,30)(H,32,33)/b19-8-. The number of phenols is 1. The first kappa shape index (κ1) is 25.4. The fourth-order valence-corrected chi connectivity index (χ4v) is 5.27. The third kappa shape index (κ3) is 5.60. The largest absolute Gasteiger partial charge is 0.507 e. The highest BCUT2D eigenvalue weighted by Gasteiger charge is 2.32. The van der Waals surface area contributed by atoms with Crippen LogP contribution in [0.15, 0.2) is 52.7 Å². The van der Waals surface area contributed by atoms with Crippen molar-refractivity contribution in [2.24, 2.45) is 0 Å². The van der Waals surface area contributed by atoms with E-state index in [2.05, 4.69) is 10.7 Å². The summed E-state index contributed by atoms with van der Waals surface area (Å²) in [7, 11) is 0. The summed E-state index contributed by atoms with van der Waals surface area (Å²) in [6.45, 7) is -0.333. The summed E-state index contributed by atoms with van der Waals surface area (Å²) >= 11 is 7.57. The molecule has 1 saturated heterocycles. The number of rotatable bonds is 7. The maximum Gasteiger partial charge on any atom is 0.339 e. The summed E-state index contributed by atoms with van der Waals surface area (Å²) in [5.41, 5.74) is 3.67. The van der Waals surface area contributed by atoms with Crippen LogP contribution in [-0.2, 0) is 9.59 Å². The van der Waals surface area contributed by atoms with E-state index < -0.39 is 35.2 Å². The number of carbonyl (C=O) groups is 3. The number of hydrogen-bond donors (Lipinski definition) is 4. The van der Waals surface area contributed by atoms with Gasteiger partial charge in [-0.15, -0.1) is 11.3 Å². The summed E-state index contributed by atoms with van der Waals surface area (Å²) in [5.74, 6) is -4.73. The fourth-order valence-electron chi connectivity index (χ4n) is 3.14. The van der Waals surface area contributed by atoms with Crippen LogP contribution in [-0.4, -0.2) is 43.9 Å². The number of thiophene rings is 1. The van der Waals surface area contributed by atoms with Crippen molar-refractivity contribution < 1.29 is 33.4 Å². The van der Waals surface area contributed by atoms with Crippen molar-refractivity contribution in [1.29, 1.82) is 0 Å². The number of anilines is 1. The predicted octanol–water partition coefficient (Wildman–Crippen LogP) is 4.44. The van der Waals surface area contributed by atoms with Crippen molar-refractivity contribution in [3.05, 3.63) is 74.8 Å². The number of benzene rings is 2. The Hall–Kier alpha value is -3.65. The quantitative estimate of drug-likeness (QED) is 0.253. The highest BCUT2D eigenvalue weighted by atomic mass is 32.2. The van der Waals surface area contributed by atoms with Crippen molar-refractivity contribution in [1.82, 2.24) is 10.4 Å². The number of hydrogen-bond acceptors (Lipinski definition) is 8. The monoisotopic (exact) mass is 547 g/mol. The molecule has 4 N–H and O–H groups in total. The van der Waals surface area contributed by atoms with E-state index in [0.717, 1.165) is 41.0 Å². The summed E-state index contributed by atoms with van der Waals surface area (Å²) in [6.07, 6.45) is 1.61. The van der Waals surface area contributed by atoms with Gasteiger partial charge >= 0.3 is 5.97 Å². The van der Waals surface area contributed by atoms with Gasteiger partial charge in [0.1, 0.15) is 11.3 Å². The highest BCUT2D eigenvalue weighted by Crippen LogP contribution is 2.34. The molecular weight excluding hydrogens is 532 g/mol. The van der Waals surface area contributed by atoms with E-state index in [1.54, 1.807) is 17.5 Å². The van der Waals surface area contributed by atoms with E-state index in [4.69, 9.17) is 17.3 Å². The molecule has 1 fully saturated rings. The molecule has 2 aromatic carbocycles. The van der Waals surface area contributed by atoms with Gasteiger partial charge < -0.3 is 15.5 Å². The molecule has 8 nitrogen and oxygen atoms in total. The smallest absolute Gasteiger partial charge is 0.339 e. The van der Waals surface area contributed by atoms with E-state index in [0.29, 0.717) is 20.9 Å². The van der Waals surface area contributed by atoms with Crippen molar-refractivity contribution in [3.8, 4) is 16.9 Å². The number of thioether (sulfide) groups is 1. The number of thiocarbonyl (C=S) groups is 1. The number of halogens is 2. The Balaban J connectivity index is 1.38. The number of aromatic hydroxyl groups is 1. The molecule has 184 valence electrons. The van der Waals surface area contributed by atoms with Crippen LogP contribution in [0.5, 0.6) is 5.75 Å². The van der Waals surface area contributed by atoms with Gasteiger partial charge in [-0.25, -0.2) is 24.0 Å². The molecule has 0 bridgehead atoms. The molecule has 0 atom stereocenters. The summed E-state index contributed by atoms with van der Waals surface area (Å²) in [5, 5.41) is 24.0. The number of amides is 2. The molecule has 1 aliphatic heterocycles. The minimum Gasteiger partial charge on any atom is -0.507 e. The van der Waals surface area contributed by atoms with Gasteiger partial charge in [0.05, 0.1) is 11.4 Å². The SMILES string of the molecule is O=C(CNN1C(=O)/C(=C/c2cc(-c3ccc(F)c(F)c3)cs2)SC1=S)Nc1ccc(C(=O)O)c(O)c1. The van der Waals surface area contributed by atoms with Crippen LogP contribution in [0.2, 0.25) is 0 Å². The molecule has 1 aliphatic rings. The second kappa shape index (κ2) is 10.5. The molecule has 2 heterocycles. The third-order valence-electron chi connectivity index (χ3n) is 4.85. The molecule has 0 radical (unpaired) electrons. The number of carbonyl (C=O) groups excluding carboxylic acids is 2. The lowest BCUT2D eigenvalue weighted by Gasteiger charge is -2.15. The zero-order chi connectivity index (χ0) is 26.0. The van der Waals surface area contributed by atoms with Crippen LogP contribution in [0.1, 0.15) is 15.2 Å². The molecule has 0 unspecified atom stereocenters.